The fourth-order valence-electron chi connectivity index (χ4n) is 6.42. The van der Waals surface area contributed by atoms with Gasteiger partial charge in [0.25, 0.3) is 5.56 Å². The first-order valence-corrected chi connectivity index (χ1v) is 15.0. The number of methoxy groups -OCH3 is 1. The number of carbonyl (C=O) groups excluding carboxylic acids is 2. The summed E-state index contributed by atoms with van der Waals surface area (Å²) in [4.78, 5) is 40.8. The van der Waals surface area contributed by atoms with Crippen LogP contribution in [0.3, 0.4) is 0 Å². The van der Waals surface area contributed by atoms with E-state index >= 15 is 4.39 Å². The number of alkyl carbamates (subject to hydrolysis) is 1. The Balaban J connectivity index is 1.32. The summed E-state index contributed by atoms with van der Waals surface area (Å²) in [5, 5.41) is 3.44. The van der Waals surface area contributed by atoms with Crippen molar-refractivity contribution >= 4 is 28.7 Å². The van der Waals surface area contributed by atoms with Crippen LogP contribution in [0.15, 0.2) is 47.3 Å². The second-order valence-corrected chi connectivity index (χ2v) is 12.9. The molecule has 2 fully saturated rings. The first kappa shape index (κ1) is 29.9. The van der Waals surface area contributed by atoms with E-state index in [9.17, 15) is 14.4 Å². The molecule has 1 aliphatic carbocycles. The first-order chi connectivity index (χ1) is 21.0. The normalized spacial score (nSPS) is 20.2. The lowest BCUT2D eigenvalue weighted by Gasteiger charge is -2.32. The Bertz CT molecular complexity index is 1650. The number of hydrogen-bond acceptors (Lipinski definition) is 8. The highest BCUT2D eigenvalue weighted by Crippen LogP contribution is 2.49. The maximum absolute atomic E-state index is 16.0. The van der Waals surface area contributed by atoms with Gasteiger partial charge in [0.15, 0.2) is 11.6 Å². The number of benzene rings is 2. The number of aromatic nitrogens is 1. The van der Waals surface area contributed by atoms with Gasteiger partial charge in [-0.3, -0.25) is 9.36 Å². The van der Waals surface area contributed by atoms with E-state index in [0.29, 0.717) is 30.6 Å². The van der Waals surface area contributed by atoms with E-state index in [1.54, 1.807) is 0 Å². The summed E-state index contributed by atoms with van der Waals surface area (Å²) >= 11 is 0. The van der Waals surface area contributed by atoms with Gasteiger partial charge < -0.3 is 29.2 Å². The molecule has 3 aliphatic rings. The molecule has 1 aromatic heterocycles. The molecule has 0 unspecified atom stereocenters. The highest BCUT2D eigenvalue weighted by atomic mass is 19.1. The van der Waals surface area contributed by atoms with Crippen LogP contribution in [0.4, 0.5) is 14.9 Å². The molecule has 10 nitrogen and oxygen atoms in total. The molecule has 2 aromatic carbocycles. The van der Waals surface area contributed by atoms with Gasteiger partial charge in [0.2, 0.25) is 0 Å². The number of halogens is 1. The van der Waals surface area contributed by atoms with E-state index < -0.39 is 35.1 Å². The summed E-state index contributed by atoms with van der Waals surface area (Å²) in [6, 6.07) is 11.8. The number of ether oxygens (including phenoxy) is 4. The highest BCUT2D eigenvalue weighted by Gasteiger charge is 2.53. The molecule has 234 valence electrons. The van der Waals surface area contributed by atoms with Crippen LogP contribution in [-0.2, 0) is 20.8 Å². The number of hydrogen-bond donors (Lipinski definition) is 1. The van der Waals surface area contributed by atoms with E-state index in [1.165, 1.54) is 23.8 Å². The number of carbonyl (C=O) groups is 2. The molecule has 1 saturated carbocycles. The molecule has 6 rings (SSSR count). The van der Waals surface area contributed by atoms with Gasteiger partial charge in [0.05, 0.1) is 31.9 Å². The molecule has 2 aliphatic heterocycles. The van der Waals surface area contributed by atoms with Gasteiger partial charge in [-0.2, -0.15) is 0 Å². The zero-order valence-corrected chi connectivity index (χ0v) is 25.5. The van der Waals surface area contributed by atoms with Crippen molar-refractivity contribution < 1.29 is 32.9 Å². The average Bonchev–Trinajstić information content (AvgIpc) is 3.58. The van der Waals surface area contributed by atoms with Gasteiger partial charge >= 0.3 is 12.1 Å². The Hall–Kier alpha value is -4.12. The Labute approximate surface area is 255 Å². The summed E-state index contributed by atoms with van der Waals surface area (Å²) in [7, 11) is 1.20. The quantitative estimate of drug-likeness (QED) is 0.358. The standard InChI is InChI=1S/C33H38FN3O7/c1-32(2,3)44-31(40)35-33(11-12-33)22-10-13-36(16-22)27-25(34)15-21-14-24(30(39)41-4)29(38)37-23(19-43-28(27)26(21)37)18-42-17-20-8-6-5-7-9-20/h5-9,14-15,22-23H,10-13,16-19H2,1-4H3,(H,35,40)/t22-,23+/m1/s1. The molecule has 3 aromatic rings. The predicted octanol–water partition coefficient (Wildman–Crippen LogP) is 4.96. The third kappa shape index (κ3) is 5.72. The third-order valence-corrected chi connectivity index (χ3v) is 8.64. The van der Waals surface area contributed by atoms with Crippen LogP contribution in [0.2, 0.25) is 0 Å². The van der Waals surface area contributed by atoms with Crippen LogP contribution in [0, 0.1) is 11.7 Å². The third-order valence-electron chi connectivity index (χ3n) is 8.64. The molecule has 0 spiro atoms. The van der Waals surface area contributed by atoms with Crippen LogP contribution in [0.1, 0.15) is 62.0 Å². The number of nitrogens with zero attached hydrogens (tertiary/aromatic N) is 2. The minimum atomic E-state index is -0.795. The van der Waals surface area contributed by atoms with Crippen LogP contribution < -0.4 is 20.5 Å². The number of anilines is 1. The van der Waals surface area contributed by atoms with Crippen molar-refractivity contribution in [3.8, 4) is 5.75 Å². The van der Waals surface area contributed by atoms with Crippen LogP contribution in [0.5, 0.6) is 5.75 Å². The summed E-state index contributed by atoms with van der Waals surface area (Å²) < 4.78 is 40.1. The van der Waals surface area contributed by atoms with E-state index in [4.69, 9.17) is 18.9 Å². The lowest BCUT2D eigenvalue weighted by Crippen LogP contribution is -2.46. The van der Waals surface area contributed by atoms with E-state index in [-0.39, 0.29) is 41.7 Å². The largest absolute Gasteiger partial charge is 0.487 e. The Kier molecular flexibility index (Phi) is 7.77. The fourth-order valence-corrected chi connectivity index (χ4v) is 6.42. The van der Waals surface area contributed by atoms with Crippen LogP contribution in [-0.4, -0.2) is 61.2 Å². The molecule has 11 heteroatoms. The minimum absolute atomic E-state index is 0.0548. The minimum Gasteiger partial charge on any atom is -0.487 e. The summed E-state index contributed by atoms with van der Waals surface area (Å²) in [6.07, 6.45) is 1.95. The van der Waals surface area contributed by atoms with E-state index in [0.717, 1.165) is 24.8 Å². The molecule has 1 N–H and O–H groups in total. The Morgan fingerprint density at radius 3 is 2.59 bits per heavy atom. The molecule has 2 atom stereocenters. The first-order valence-electron chi connectivity index (χ1n) is 15.0. The maximum Gasteiger partial charge on any atom is 0.408 e. The van der Waals surface area contributed by atoms with Crippen LogP contribution >= 0.6 is 0 Å². The Morgan fingerprint density at radius 2 is 1.91 bits per heavy atom. The second-order valence-electron chi connectivity index (χ2n) is 12.9. The van der Waals surface area contributed by atoms with Crippen molar-refractivity contribution in [1.82, 2.24) is 9.88 Å². The molecule has 44 heavy (non-hydrogen) atoms. The Morgan fingerprint density at radius 1 is 1.16 bits per heavy atom. The number of amides is 1. The van der Waals surface area contributed by atoms with Crippen LogP contribution in [0.25, 0.3) is 10.9 Å². The lowest BCUT2D eigenvalue weighted by atomic mass is 9.96. The van der Waals surface area contributed by atoms with Crippen molar-refractivity contribution in [2.45, 2.75) is 63.8 Å². The average molecular weight is 608 g/mol. The van der Waals surface area contributed by atoms with Gasteiger partial charge in [-0.15, -0.1) is 0 Å². The SMILES string of the molecule is COC(=O)c1cc2cc(F)c(N3CC[C@@H](C4(NC(=O)OC(C)(C)C)CC4)C3)c3c2n(c1=O)[C@@H](COCc1ccccc1)CO3. The maximum atomic E-state index is 16.0. The molecule has 0 radical (unpaired) electrons. The monoisotopic (exact) mass is 607 g/mol. The van der Waals surface area contributed by atoms with Crippen molar-refractivity contribution in [1.29, 1.82) is 0 Å². The van der Waals surface area contributed by atoms with Gasteiger partial charge in [-0.25, -0.2) is 14.0 Å². The number of esters is 1. The number of pyridine rings is 1. The molecular weight excluding hydrogens is 569 g/mol. The smallest absolute Gasteiger partial charge is 0.408 e. The lowest BCUT2D eigenvalue weighted by molar-refractivity contribution is 0.0476. The molecule has 0 bridgehead atoms. The van der Waals surface area contributed by atoms with E-state index in [1.807, 2.05) is 56.0 Å². The highest BCUT2D eigenvalue weighted by molar-refractivity contribution is 5.98. The van der Waals surface area contributed by atoms with Gasteiger partial charge in [0, 0.05) is 29.9 Å². The summed E-state index contributed by atoms with van der Waals surface area (Å²) in [5.41, 5.74) is -0.0554. The van der Waals surface area contributed by atoms with Crippen molar-refractivity contribution in [2.75, 3.05) is 38.3 Å². The van der Waals surface area contributed by atoms with Crippen molar-refractivity contribution in [3.63, 3.8) is 0 Å². The fraction of sp³-hybridized carbons (Fsp3) is 0.485. The number of nitrogens with one attached hydrogen (secondary N) is 1. The predicted molar refractivity (Wildman–Crippen MR) is 162 cm³/mol. The van der Waals surface area contributed by atoms with Crippen molar-refractivity contribution in [2.24, 2.45) is 5.92 Å². The van der Waals surface area contributed by atoms with Gasteiger partial charge in [-0.1, -0.05) is 30.3 Å². The molecule has 1 amide bonds. The summed E-state index contributed by atoms with van der Waals surface area (Å²) in [6.45, 7) is 7.06. The molecule has 3 heterocycles. The van der Waals surface area contributed by atoms with Crippen molar-refractivity contribution in [3.05, 3.63) is 69.8 Å². The zero-order valence-electron chi connectivity index (χ0n) is 25.5. The number of rotatable bonds is 8. The second kappa shape index (κ2) is 11.4. The van der Waals surface area contributed by atoms with Gasteiger partial charge in [-0.05, 0) is 57.7 Å². The van der Waals surface area contributed by atoms with E-state index in [2.05, 4.69) is 5.32 Å². The molecule has 1 saturated heterocycles. The summed E-state index contributed by atoms with van der Waals surface area (Å²) in [5.74, 6) is -0.961. The topological polar surface area (TPSA) is 108 Å². The van der Waals surface area contributed by atoms with Gasteiger partial charge in [0.1, 0.15) is 23.5 Å². The molecular formula is C33H38FN3O7. The zero-order chi connectivity index (χ0) is 31.2.